The van der Waals surface area contributed by atoms with E-state index in [1.165, 1.54) is 6.92 Å². The molecule has 0 heterocycles. The van der Waals surface area contributed by atoms with Crippen LogP contribution < -0.4 is 15.6 Å². The number of carbonyl (C=O) groups excluding carboxylic acids is 3. The van der Waals surface area contributed by atoms with Gasteiger partial charge in [-0.05, 0) is 49.7 Å². The smallest absolute Gasteiger partial charge is 0.338 e. The van der Waals surface area contributed by atoms with Gasteiger partial charge >= 0.3 is 5.97 Å². The highest BCUT2D eigenvalue weighted by Crippen LogP contribution is 2.14. The Kier molecular flexibility index (Phi) is 8.02. The number of hydrogen-bond donors (Lipinski definition) is 2. The Morgan fingerprint density at radius 3 is 2.25 bits per heavy atom. The molecule has 0 bridgehead atoms. The quantitative estimate of drug-likeness (QED) is 0.415. The fourth-order valence-corrected chi connectivity index (χ4v) is 2.19. The van der Waals surface area contributed by atoms with Crippen molar-refractivity contribution in [3.8, 4) is 5.75 Å². The summed E-state index contributed by atoms with van der Waals surface area (Å²) < 4.78 is 10.7. The Morgan fingerprint density at radius 2 is 1.61 bits per heavy atom. The molecule has 0 spiro atoms. The van der Waals surface area contributed by atoms with Crippen molar-refractivity contribution in [2.24, 2.45) is 0 Å². The molecule has 1 atom stereocenters. The molecule has 0 aliphatic heterocycles. The Morgan fingerprint density at radius 1 is 0.929 bits per heavy atom. The van der Waals surface area contributed by atoms with Gasteiger partial charge in [-0.15, -0.1) is 0 Å². The first-order chi connectivity index (χ1) is 13.5. The molecule has 0 fully saturated rings. The summed E-state index contributed by atoms with van der Waals surface area (Å²) >= 11 is 0. The molecule has 28 heavy (non-hydrogen) atoms. The second-order valence-corrected chi connectivity index (χ2v) is 6.08. The fraction of sp³-hybridized carbons (Fsp3) is 0.286. The van der Waals surface area contributed by atoms with Crippen molar-refractivity contribution in [2.75, 3.05) is 6.61 Å². The first-order valence-corrected chi connectivity index (χ1v) is 9.10. The van der Waals surface area contributed by atoms with Crippen molar-refractivity contribution in [1.29, 1.82) is 0 Å². The zero-order valence-electron chi connectivity index (χ0n) is 15.9. The van der Waals surface area contributed by atoms with Crippen LogP contribution in [0.5, 0.6) is 5.75 Å². The first-order valence-electron chi connectivity index (χ1n) is 9.10. The van der Waals surface area contributed by atoms with E-state index < -0.39 is 23.9 Å². The molecule has 2 N–H and O–H groups in total. The standard InChI is InChI=1S/C21H24N2O5/c1-3-4-14-27-18-12-10-17(11-13-18)21(26)28-15(2)19(24)22-23-20(25)16-8-6-5-7-9-16/h5-13,15H,3-4,14H2,1-2H3,(H,22,24)(H,23,25)/t15-/m1/s1. The molecule has 0 aliphatic carbocycles. The Balaban J connectivity index is 1.80. The van der Waals surface area contributed by atoms with Gasteiger partial charge in [-0.2, -0.15) is 0 Å². The van der Waals surface area contributed by atoms with Crippen LogP contribution in [0, 0.1) is 0 Å². The van der Waals surface area contributed by atoms with Gasteiger partial charge in [-0.3, -0.25) is 20.4 Å². The van der Waals surface area contributed by atoms with E-state index in [0.29, 0.717) is 23.5 Å². The summed E-state index contributed by atoms with van der Waals surface area (Å²) in [4.78, 5) is 36.1. The zero-order chi connectivity index (χ0) is 20.4. The molecule has 0 radical (unpaired) electrons. The maximum Gasteiger partial charge on any atom is 0.338 e. The lowest BCUT2D eigenvalue weighted by atomic mass is 10.2. The van der Waals surface area contributed by atoms with Crippen LogP contribution in [0.3, 0.4) is 0 Å². The number of hydrogen-bond acceptors (Lipinski definition) is 5. The third-order valence-electron chi connectivity index (χ3n) is 3.84. The predicted octanol–water partition coefficient (Wildman–Crippen LogP) is 2.87. The van der Waals surface area contributed by atoms with Crippen LogP contribution in [0.2, 0.25) is 0 Å². The number of hydrazine groups is 1. The van der Waals surface area contributed by atoms with Crippen molar-refractivity contribution < 1.29 is 23.9 Å². The molecule has 2 rings (SSSR count). The number of carbonyl (C=O) groups is 3. The number of benzene rings is 2. The molecule has 148 valence electrons. The molecule has 0 saturated carbocycles. The van der Waals surface area contributed by atoms with Crippen LogP contribution in [-0.2, 0) is 9.53 Å². The van der Waals surface area contributed by atoms with Crippen LogP contribution in [0.25, 0.3) is 0 Å². The first kappa shape index (κ1) is 21.0. The topological polar surface area (TPSA) is 93.7 Å². The minimum absolute atomic E-state index is 0.302. The molecular formula is C21H24N2O5. The number of rotatable bonds is 8. The van der Waals surface area contributed by atoms with Gasteiger partial charge in [0.1, 0.15) is 5.75 Å². The van der Waals surface area contributed by atoms with Crippen LogP contribution in [0.15, 0.2) is 54.6 Å². The molecule has 0 saturated heterocycles. The van der Waals surface area contributed by atoms with E-state index in [1.54, 1.807) is 54.6 Å². The molecule has 2 amide bonds. The predicted molar refractivity (Wildman–Crippen MR) is 104 cm³/mol. The molecule has 7 nitrogen and oxygen atoms in total. The third kappa shape index (κ3) is 6.42. The number of nitrogens with one attached hydrogen (secondary N) is 2. The van der Waals surface area contributed by atoms with Crippen molar-refractivity contribution in [3.63, 3.8) is 0 Å². The average Bonchev–Trinajstić information content (AvgIpc) is 2.73. The van der Waals surface area contributed by atoms with Crippen molar-refractivity contribution in [2.45, 2.75) is 32.8 Å². The summed E-state index contributed by atoms with van der Waals surface area (Å²) in [7, 11) is 0. The largest absolute Gasteiger partial charge is 0.494 e. The highest BCUT2D eigenvalue weighted by atomic mass is 16.5. The van der Waals surface area contributed by atoms with E-state index in [4.69, 9.17) is 9.47 Å². The lowest BCUT2D eigenvalue weighted by Gasteiger charge is -2.14. The van der Waals surface area contributed by atoms with E-state index in [2.05, 4.69) is 17.8 Å². The maximum atomic E-state index is 12.2. The molecular weight excluding hydrogens is 360 g/mol. The van der Waals surface area contributed by atoms with Crippen LogP contribution >= 0.6 is 0 Å². The molecule has 7 heteroatoms. The van der Waals surface area contributed by atoms with E-state index >= 15 is 0 Å². The second-order valence-electron chi connectivity index (χ2n) is 6.08. The lowest BCUT2D eigenvalue weighted by Crippen LogP contribution is -2.46. The summed E-state index contributed by atoms with van der Waals surface area (Å²) in [5.41, 5.74) is 5.22. The molecule has 0 unspecified atom stereocenters. The Bertz CT molecular complexity index is 790. The minimum Gasteiger partial charge on any atom is -0.494 e. The lowest BCUT2D eigenvalue weighted by molar-refractivity contribution is -0.129. The number of esters is 1. The summed E-state index contributed by atoms with van der Waals surface area (Å²) in [6.45, 7) is 4.11. The number of amides is 2. The molecule has 0 aromatic heterocycles. The van der Waals surface area contributed by atoms with Gasteiger partial charge < -0.3 is 9.47 Å². The molecule has 2 aromatic rings. The van der Waals surface area contributed by atoms with Gasteiger partial charge in [0.05, 0.1) is 12.2 Å². The minimum atomic E-state index is -1.08. The van der Waals surface area contributed by atoms with Gasteiger partial charge in [0.25, 0.3) is 11.8 Å². The maximum absolute atomic E-state index is 12.2. The normalized spacial score (nSPS) is 11.2. The number of unbranched alkanes of at least 4 members (excludes halogenated alkanes) is 1. The summed E-state index contributed by atoms with van der Waals surface area (Å²) in [5, 5.41) is 0. The van der Waals surface area contributed by atoms with Crippen LogP contribution in [-0.4, -0.2) is 30.5 Å². The summed E-state index contributed by atoms with van der Waals surface area (Å²) in [6.07, 6.45) is 0.914. The summed E-state index contributed by atoms with van der Waals surface area (Å²) in [6, 6.07) is 14.9. The van der Waals surface area contributed by atoms with Gasteiger partial charge in [0.2, 0.25) is 0 Å². The van der Waals surface area contributed by atoms with Gasteiger partial charge in [-0.1, -0.05) is 31.5 Å². The monoisotopic (exact) mass is 384 g/mol. The van der Waals surface area contributed by atoms with Crippen LogP contribution in [0.1, 0.15) is 47.4 Å². The third-order valence-corrected chi connectivity index (χ3v) is 3.84. The van der Waals surface area contributed by atoms with Crippen molar-refractivity contribution >= 4 is 17.8 Å². The zero-order valence-corrected chi connectivity index (χ0v) is 15.9. The van der Waals surface area contributed by atoms with Crippen molar-refractivity contribution in [1.82, 2.24) is 10.9 Å². The highest BCUT2D eigenvalue weighted by Gasteiger charge is 2.19. The van der Waals surface area contributed by atoms with E-state index in [9.17, 15) is 14.4 Å². The number of ether oxygens (including phenoxy) is 2. The molecule has 0 aliphatic rings. The second kappa shape index (κ2) is 10.7. The van der Waals surface area contributed by atoms with Gasteiger partial charge in [0, 0.05) is 5.56 Å². The van der Waals surface area contributed by atoms with E-state index in [-0.39, 0.29) is 0 Å². The highest BCUT2D eigenvalue weighted by molar-refractivity contribution is 5.96. The fourth-order valence-electron chi connectivity index (χ4n) is 2.19. The van der Waals surface area contributed by atoms with Crippen LogP contribution in [0.4, 0.5) is 0 Å². The SMILES string of the molecule is CCCCOc1ccc(C(=O)O[C@H](C)C(=O)NNC(=O)c2ccccc2)cc1. The molecule has 2 aromatic carbocycles. The Labute approximate surface area is 164 Å². The van der Waals surface area contributed by atoms with Gasteiger partial charge in [-0.25, -0.2) is 4.79 Å². The summed E-state index contributed by atoms with van der Waals surface area (Å²) in [5.74, 6) is -1.08. The Hall–Kier alpha value is -3.35. The van der Waals surface area contributed by atoms with E-state index in [0.717, 1.165) is 12.8 Å². The van der Waals surface area contributed by atoms with Gasteiger partial charge in [0.15, 0.2) is 6.10 Å². The average molecular weight is 384 g/mol. The van der Waals surface area contributed by atoms with E-state index in [1.807, 2.05) is 0 Å². The van der Waals surface area contributed by atoms with Crippen molar-refractivity contribution in [3.05, 3.63) is 65.7 Å².